The van der Waals surface area contributed by atoms with Gasteiger partial charge in [0, 0.05) is 6.54 Å². The molecular weight excluding hydrogens is 138 g/mol. The molecule has 0 saturated carbocycles. The molecule has 0 aliphatic carbocycles. The molecule has 1 aliphatic heterocycles. The molecule has 3 N–H and O–H groups in total. The Bertz CT molecular complexity index is 151. The van der Waals surface area contributed by atoms with Gasteiger partial charge in [0.05, 0.1) is 12.6 Å². The Labute approximate surface area is 68.1 Å². The zero-order valence-corrected chi connectivity index (χ0v) is 7.30. The van der Waals surface area contributed by atoms with E-state index < -0.39 is 0 Å². The van der Waals surface area contributed by atoms with Crippen LogP contribution in [0.4, 0.5) is 0 Å². The van der Waals surface area contributed by atoms with Gasteiger partial charge in [-0.05, 0) is 12.3 Å². The van der Waals surface area contributed by atoms with Crippen molar-refractivity contribution in [2.45, 2.75) is 26.3 Å². The van der Waals surface area contributed by atoms with Crippen LogP contribution in [0.5, 0.6) is 0 Å². The standard InChI is InChI=1S/C8H17N3/c1-6(2)5-7(9)8-10-3-4-11-8/h6-7H,3-5,9H2,1-2H3,(H,10,11)/t7-/m1/s1. The lowest BCUT2D eigenvalue weighted by Gasteiger charge is -2.13. The van der Waals surface area contributed by atoms with Crippen molar-refractivity contribution in [2.75, 3.05) is 13.1 Å². The van der Waals surface area contributed by atoms with Gasteiger partial charge in [0.25, 0.3) is 0 Å². The van der Waals surface area contributed by atoms with Crippen LogP contribution in [-0.2, 0) is 0 Å². The highest BCUT2D eigenvalue weighted by Crippen LogP contribution is 2.04. The second kappa shape index (κ2) is 3.72. The number of nitrogens with two attached hydrogens (primary N) is 1. The second-order valence-corrected chi connectivity index (χ2v) is 3.43. The van der Waals surface area contributed by atoms with E-state index in [2.05, 4.69) is 24.2 Å². The van der Waals surface area contributed by atoms with E-state index in [1.807, 2.05) is 0 Å². The third-order valence-electron chi connectivity index (χ3n) is 1.78. The summed E-state index contributed by atoms with van der Waals surface area (Å²) in [6.07, 6.45) is 1.02. The molecule has 0 saturated heterocycles. The number of hydrogen-bond donors (Lipinski definition) is 2. The van der Waals surface area contributed by atoms with Crippen LogP contribution in [0.3, 0.4) is 0 Å². The van der Waals surface area contributed by atoms with E-state index in [4.69, 9.17) is 5.73 Å². The Balaban J connectivity index is 2.34. The van der Waals surface area contributed by atoms with Crippen LogP contribution in [0.15, 0.2) is 4.99 Å². The van der Waals surface area contributed by atoms with E-state index in [9.17, 15) is 0 Å². The van der Waals surface area contributed by atoms with Crippen molar-refractivity contribution >= 4 is 5.84 Å². The highest BCUT2D eigenvalue weighted by Gasteiger charge is 2.14. The van der Waals surface area contributed by atoms with Crippen LogP contribution in [0.25, 0.3) is 0 Å². The topological polar surface area (TPSA) is 50.4 Å². The molecule has 3 heteroatoms. The van der Waals surface area contributed by atoms with Crippen molar-refractivity contribution in [3.05, 3.63) is 0 Å². The molecule has 3 nitrogen and oxygen atoms in total. The molecule has 1 aliphatic rings. The molecule has 0 amide bonds. The Hall–Kier alpha value is -0.570. The minimum absolute atomic E-state index is 0.123. The maximum absolute atomic E-state index is 5.89. The molecule has 0 aromatic rings. The quantitative estimate of drug-likeness (QED) is 0.618. The number of amidine groups is 1. The summed E-state index contributed by atoms with van der Waals surface area (Å²) in [5.74, 6) is 1.65. The van der Waals surface area contributed by atoms with Gasteiger partial charge in [-0.1, -0.05) is 13.8 Å². The summed E-state index contributed by atoms with van der Waals surface area (Å²) >= 11 is 0. The second-order valence-electron chi connectivity index (χ2n) is 3.43. The lowest BCUT2D eigenvalue weighted by atomic mass is 10.0. The van der Waals surface area contributed by atoms with E-state index in [1.165, 1.54) is 0 Å². The summed E-state index contributed by atoms with van der Waals surface area (Å²) in [7, 11) is 0. The molecule has 11 heavy (non-hydrogen) atoms. The van der Waals surface area contributed by atoms with E-state index in [-0.39, 0.29) is 6.04 Å². The maximum Gasteiger partial charge on any atom is 0.113 e. The number of nitrogens with zero attached hydrogens (tertiary/aromatic N) is 1. The Kier molecular flexibility index (Phi) is 2.88. The van der Waals surface area contributed by atoms with Crippen molar-refractivity contribution in [3.63, 3.8) is 0 Å². The number of aliphatic imine (C=N–C) groups is 1. The SMILES string of the molecule is CC(C)C[C@@H](N)C1=NCCN1. The fourth-order valence-electron chi connectivity index (χ4n) is 1.28. The van der Waals surface area contributed by atoms with Crippen molar-refractivity contribution in [2.24, 2.45) is 16.6 Å². The van der Waals surface area contributed by atoms with Crippen LogP contribution in [0.1, 0.15) is 20.3 Å². The van der Waals surface area contributed by atoms with Gasteiger partial charge in [-0.15, -0.1) is 0 Å². The van der Waals surface area contributed by atoms with Gasteiger partial charge in [0.1, 0.15) is 5.84 Å². The van der Waals surface area contributed by atoms with Gasteiger partial charge in [-0.2, -0.15) is 0 Å². The number of nitrogens with one attached hydrogen (secondary N) is 1. The first-order valence-corrected chi connectivity index (χ1v) is 4.24. The van der Waals surface area contributed by atoms with E-state index in [0.717, 1.165) is 25.3 Å². The molecule has 0 bridgehead atoms. The molecule has 0 unspecified atom stereocenters. The van der Waals surface area contributed by atoms with Gasteiger partial charge in [0.15, 0.2) is 0 Å². The molecule has 0 fully saturated rings. The minimum atomic E-state index is 0.123. The number of hydrogen-bond acceptors (Lipinski definition) is 3. The lowest BCUT2D eigenvalue weighted by Crippen LogP contribution is -2.38. The monoisotopic (exact) mass is 155 g/mol. The average molecular weight is 155 g/mol. The summed E-state index contributed by atoms with van der Waals surface area (Å²) in [5, 5.41) is 3.19. The largest absolute Gasteiger partial charge is 0.371 e. The Morgan fingerprint density at radius 2 is 2.36 bits per heavy atom. The number of rotatable bonds is 3. The molecule has 0 aromatic heterocycles. The fourth-order valence-corrected chi connectivity index (χ4v) is 1.28. The molecule has 1 heterocycles. The summed E-state index contributed by atoms with van der Waals surface area (Å²) in [4.78, 5) is 4.27. The van der Waals surface area contributed by atoms with Crippen LogP contribution in [0, 0.1) is 5.92 Å². The first-order valence-electron chi connectivity index (χ1n) is 4.24. The average Bonchev–Trinajstić information content (AvgIpc) is 2.35. The Morgan fingerprint density at radius 3 is 2.82 bits per heavy atom. The molecule has 0 spiro atoms. The van der Waals surface area contributed by atoms with Crippen LogP contribution >= 0.6 is 0 Å². The zero-order chi connectivity index (χ0) is 8.27. The summed E-state index contributed by atoms with van der Waals surface area (Å²) < 4.78 is 0. The lowest BCUT2D eigenvalue weighted by molar-refractivity contribution is 0.556. The smallest absolute Gasteiger partial charge is 0.113 e. The van der Waals surface area contributed by atoms with Crippen LogP contribution in [-0.4, -0.2) is 25.0 Å². The maximum atomic E-state index is 5.89. The summed E-state index contributed by atoms with van der Waals surface area (Å²) in [5.41, 5.74) is 5.89. The van der Waals surface area contributed by atoms with Gasteiger partial charge in [-0.25, -0.2) is 0 Å². The third-order valence-corrected chi connectivity index (χ3v) is 1.78. The minimum Gasteiger partial charge on any atom is -0.371 e. The van der Waals surface area contributed by atoms with Crippen molar-refractivity contribution in [1.29, 1.82) is 0 Å². The third kappa shape index (κ3) is 2.50. The summed E-state index contributed by atoms with van der Waals surface area (Å²) in [6.45, 7) is 6.20. The molecule has 64 valence electrons. The zero-order valence-electron chi connectivity index (χ0n) is 7.30. The molecular formula is C8H17N3. The molecule has 1 rings (SSSR count). The molecule has 0 radical (unpaired) electrons. The van der Waals surface area contributed by atoms with E-state index >= 15 is 0 Å². The predicted molar refractivity (Wildman–Crippen MR) is 47.7 cm³/mol. The summed E-state index contributed by atoms with van der Waals surface area (Å²) in [6, 6.07) is 0.123. The first-order chi connectivity index (χ1) is 5.20. The predicted octanol–water partition coefficient (Wildman–Crippen LogP) is 0.362. The van der Waals surface area contributed by atoms with Crippen LogP contribution in [0.2, 0.25) is 0 Å². The van der Waals surface area contributed by atoms with Crippen molar-refractivity contribution in [3.8, 4) is 0 Å². The van der Waals surface area contributed by atoms with Crippen molar-refractivity contribution < 1.29 is 0 Å². The Morgan fingerprint density at radius 1 is 1.64 bits per heavy atom. The molecule has 1 atom stereocenters. The van der Waals surface area contributed by atoms with Gasteiger partial charge in [-0.3, -0.25) is 4.99 Å². The normalized spacial score (nSPS) is 19.8. The van der Waals surface area contributed by atoms with E-state index in [0.29, 0.717) is 5.92 Å². The fraction of sp³-hybridized carbons (Fsp3) is 0.875. The molecule has 0 aromatic carbocycles. The first kappa shape index (κ1) is 8.53. The van der Waals surface area contributed by atoms with Gasteiger partial charge in [0.2, 0.25) is 0 Å². The van der Waals surface area contributed by atoms with E-state index in [1.54, 1.807) is 0 Å². The van der Waals surface area contributed by atoms with Gasteiger partial charge < -0.3 is 11.1 Å². The highest BCUT2D eigenvalue weighted by atomic mass is 15.1. The van der Waals surface area contributed by atoms with Crippen molar-refractivity contribution in [1.82, 2.24) is 5.32 Å². The highest BCUT2D eigenvalue weighted by molar-refractivity contribution is 5.88. The van der Waals surface area contributed by atoms with Gasteiger partial charge >= 0.3 is 0 Å². The van der Waals surface area contributed by atoms with Crippen LogP contribution < -0.4 is 11.1 Å².